The Bertz CT molecular complexity index is 496. The van der Waals surface area contributed by atoms with E-state index in [1.54, 1.807) is 18.6 Å². The van der Waals surface area contributed by atoms with Crippen molar-refractivity contribution in [3.05, 3.63) is 46.7 Å². The van der Waals surface area contributed by atoms with Crippen molar-refractivity contribution >= 4 is 15.9 Å². The number of nitrogens with zero attached hydrogens (tertiary/aromatic N) is 3. The standard InChI is InChI=1S/C11H14BrN5/c1-2-17-4-3-15-11(17)10(16-13)8-5-9(12)7-14-6-8/h3-7,10,16H,2,13H2,1H3. The maximum Gasteiger partial charge on any atom is 0.131 e. The Balaban J connectivity index is 2.40. The van der Waals surface area contributed by atoms with Gasteiger partial charge in [-0.1, -0.05) is 0 Å². The number of rotatable bonds is 4. The number of nitrogens with two attached hydrogens (primary N) is 1. The van der Waals surface area contributed by atoms with Crippen LogP contribution in [0.2, 0.25) is 0 Å². The topological polar surface area (TPSA) is 68.8 Å². The second kappa shape index (κ2) is 5.39. The van der Waals surface area contributed by atoms with Crippen molar-refractivity contribution < 1.29 is 0 Å². The lowest BCUT2D eigenvalue weighted by atomic mass is 10.1. The molecule has 3 N–H and O–H groups in total. The first-order valence-electron chi connectivity index (χ1n) is 5.34. The largest absolute Gasteiger partial charge is 0.334 e. The number of hydrazine groups is 1. The van der Waals surface area contributed by atoms with Gasteiger partial charge in [0.05, 0.1) is 0 Å². The molecule has 1 atom stereocenters. The maximum atomic E-state index is 5.62. The number of aryl methyl sites for hydroxylation is 1. The molecule has 0 saturated carbocycles. The summed E-state index contributed by atoms with van der Waals surface area (Å²) >= 11 is 3.40. The van der Waals surface area contributed by atoms with E-state index in [0.717, 1.165) is 22.4 Å². The van der Waals surface area contributed by atoms with E-state index in [1.165, 1.54) is 0 Å². The third-order valence-corrected chi connectivity index (χ3v) is 3.01. The highest BCUT2D eigenvalue weighted by atomic mass is 79.9. The SMILES string of the molecule is CCn1ccnc1C(NN)c1cncc(Br)c1. The molecule has 0 bridgehead atoms. The third kappa shape index (κ3) is 2.54. The average molecular weight is 296 g/mol. The fourth-order valence-corrected chi connectivity index (χ4v) is 2.14. The molecule has 0 spiro atoms. The fraction of sp³-hybridized carbons (Fsp3) is 0.273. The molecule has 2 rings (SSSR count). The molecule has 2 aromatic rings. The molecule has 17 heavy (non-hydrogen) atoms. The summed E-state index contributed by atoms with van der Waals surface area (Å²) in [6.45, 7) is 2.92. The third-order valence-electron chi connectivity index (χ3n) is 2.57. The highest BCUT2D eigenvalue weighted by Gasteiger charge is 2.17. The van der Waals surface area contributed by atoms with E-state index in [1.807, 2.05) is 16.8 Å². The summed E-state index contributed by atoms with van der Waals surface area (Å²) in [5.41, 5.74) is 3.75. The number of hydrogen-bond donors (Lipinski definition) is 2. The molecular formula is C11H14BrN5. The van der Waals surface area contributed by atoms with Crippen LogP contribution in [0.4, 0.5) is 0 Å². The molecule has 5 nitrogen and oxygen atoms in total. The quantitative estimate of drug-likeness (QED) is 0.664. The van der Waals surface area contributed by atoms with Gasteiger partial charge in [0, 0.05) is 35.8 Å². The first kappa shape index (κ1) is 12.2. The summed E-state index contributed by atoms with van der Waals surface area (Å²) in [4.78, 5) is 8.48. The summed E-state index contributed by atoms with van der Waals surface area (Å²) in [6.07, 6.45) is 7.23. The number of pyridine rings is 1. The van der Waals surface area contributed by atoms with E-state index in [-0.39, 0.29) is 6.04 Å². The molecule has 0 radical (unpaired) electrons. The molecule has 2 heterocycles. The van der Waals surface area contributed by atoms with Crippen LogP contribution in [0.1, 0.15) is 24.4 Å². The molecule has 6 heteroatoms. The summed E-state index contributed by atoms with van der Waals surface area (Å²) in [5, 5.41) is 0. The molecule has 1 unspecified atom stereocenters. The Kier molecular flexibility index (Phi) is 3.88. The Morgan fingerprint density at radius 1 is 1.53 bits per heavy atom. The molecule has 2 aromatic heterocycles. The zero-order valence-electron chi connectivity index (χ0n) is 9.47. The summed E-state index contributed by atoms with van der Waals surface area (Å²) < 4.78 is 2.97. The van der Waals surface area contributed by atoms with E-state index in [4.69, 9.17) is 5.84 Å². The zero-order valence-corrected chi connectivity index (χ0v) is 11.1. The van der Waals surface area contributed by atoms with E-state index < -0.39 is 0 Å². The van der Waals surface area contributed by atoms with Crippen LogP contribution in [0, 0.1) is 0 Å². The second-order valence-corrected chi connectivity index (χ2v) is 4.52. The fourth-order valence-electron chi connectivity index (χ4n) is 1.75. The number of hydrogen-bond acceptors (Lipinski definition) is 4. The van der Waals surface area contributed by atoms with E-state index in [9.17, 15) is 0 Å². The number of nitrogens with one attached hydrogen (secondary N) is 1. The molecule has 0 amide bonds. The van der Waals surface area contributed by atoms with Crippen LogP contribution in [-0.2, 0) is 6.54 Å². The van der Waals surface area contributed by atoms with Crippen molar-refractivity contribution in [2.24, 2.45) is 5.84 Å². The molecular weight excluding hydrogens is 282 g/mol. The summed E-state index contributed by atoms with van der Waals surface area (Å²) in [5.74, 6) is 6.51. The van der Waals surface area contributed by atoms with Crippen LogP contribution in [-0.4, -0.2) is 14.5 Å². The highest BCUT2D eigenvalue weighted by molar-refractivity contribution is 9.10. The van der Waals surface area contributed by atoms with Gasteiger partial charge in [0.2, 0.25) is 0 Å². The lowest BCUT2D eigenvalue weighted by molar-refractivity contribution is 0.559. The smallest absolute Gasteiger partial charge is 0.131 e. The van der Waals surface area contributed by atoms with Crippen molar-refractivity contribution in [3.8, 4) is 0 Å². The van der Waals surface area contributed by atoms with Gasteiger partial charge >= 0.3 is 0 Å². The van der Waals surface area contributed by atoms with Crippen LogP contribution in [0.15, 0.2) is 35.3 Å². The van der Waals surface area contributed by atoms with Crippen LogP contribution >= 0.6 is 15.9 Å². The Morgan fingerprint density at radius 2 is 2.35 bits per heavy atom. The Labute approximate surface area is 108 Å². The minimum atomic E-state index is -0.157. The van der Waals surface area contributed by atoms with Crippen molar-refractivity contribution in [1.29, 1.82) is 0 Å². The molecule has 0 fully saturated rings. The molecule has 0 saturated heterocycles. The van der Waals surface area contributed by atoms with E-state index in [2.05, 4.69) is 38.2 Å². The first-order valence-corrected chi connectivity index (χ1v) is 6.13. The van der Waals surface area contributed by atoms with Crippen LogP contribution < -0.4 is 11.3 Å². The van der Waals surface area contributed by atoms with Crippen molar-refractivity contribution in [1.82, 2.24) is 20.0 Å². The lowest BCUT2D eigenvalue weighted by Gasteiger charge is -2.17. The summed E-state index contributed by atoms with van der Waals surface area (Å²) in [7, 11) is 0. The predicted molar refractivity (Wildman–Crippen MR) is 69.0 cm³/mol. The maximum absolute atomic E-state index is 5.62. The molecule has 90 valence electrons. The molecule has 0 aromatic carbocycles. The second-order valence-electron chi connectivity index (χ2n) is 3.61. The number of aromatic nitrogens is 3. The highest BCUT2D eigenvalue weighted by Crippen LogP contribution is 2.21. The summed E-state index contributed by atoms with van der Waals surface area (Å²) in [6, 6.07) is 1.82. The van der Waals surface area contributed by atoms with Crippen molar-refractivity contribution in [2.45, 2.75) is 19.5 Å². The van der Waals surface area contributed by atoms with Gasteiger partial charge < -0.3 is 4.57 Å². The monoisotopic (exact) mass is 295 g/mol. The van der Waals surface area contributed by atoms with Crippen molar-refractivity contribution in [2.75, 3.05) is 0 Å². The normalized spacial score (nSPS) is 12.6. The lowest BCUT2D eigenvalue weighted by Crippen LogP contribution is -2.31. The van der Waals surface area contributed by atoms with E-state index in [0.29, 0.717) is 0 Å². The number of halogens is 1. The van der Waals surface area contributed by atoms with E-state index >= 15 is 0 Å². The van der Waals surface area contributed by atoms with Gasteiger partial charge in [-0.3, -0.25) is 10.8 Å². The van der Waals surface area contributed by atoms with Crippen molar-refractivity contribution in [3.63, 3.8) is 0 Å². The Morgan fingerprint density at radius 3 is 3.00 bits per heavy atom. The molecule has 0 aliphatic carbocycles. The average Bonchev–Trinajstić information content (AvgIpc) is 2.78. The molecule has 0 aliphatic heterocycles. The van der Waals surface area contributed by atoms with Gasteiger partial charge in [0.1, 0.15) is 11.9 Å². The van der Waals surface area contributed by atoms with Gasteiger partial charge in [0.15, 0.2) is 0 Å². The van der Waals surface area contributed by atoms with Gasteiger partial charge in [-0.2, -0.15) is 0 Å². The zero-order chi connectivity index (χ0) is 12.3. The predicted octanol–water partition coefficient (Wildman–Crippen LogP) is 1.61. The van der Waals surface area contributed by atoms with Gasteiger partial charge in [0.25, 0.3) is 0 Å². The van der Waals surface area contributed by atoms with Gasteiger partial charge in [-0.25, -0.2) is 10.4 Å². The number of imidazole rings is 1. The minimum absolute atomic E-state index is 0.157. The first-order chi connectivity index (χ1) is 8.26. The minimum Gasteiger partial charge on any atom is -0.334 e. The van der Waals surface area contributed by atoms with Crippen LogP contribution in [0.5, 0.6) is 0 Å². The van der Waals surface area contributed by atoms with Gasteiger partial charge in [-0.15, -0.1) is 0 Å². The van der Waals surface area contributed by atoms with Gasteiger partial charge in [-0.05, 0) is 34.5 Å². The van der Waals surface area contributed by atoms with Crippen LogP contribution in [0.3, 0.4) is 0 Å². The Hall–Kier alpha value is -1.24. The molecule has 0 aliphatic rings. The van der Waals surface area contributed by atoms with Crippen LogP contribution in [0.25, 0.3) is 0 Å².